The lowest BCUT2D eigenvalue weighted by Gasteiger charge is -2.42. The monoisotopic (exact) mass is 344 g/mol. The molecule has 5 heteroatoms. The molecule has 2 heterocycles. The summed E-state index contributed by atoms with van der Waals surface area (Å²) >= 11 is 0. The lowest BCUT2D eigenvalue weighted by molar-refractivity contribution is -0.139. The highest BCUT2D eigenvalue weighted by atomic mass is 16.5. The zero-order chi connectivity index (χ0) is 17.1. The highest BCUT2D eigenvalue weighted by Gasteiger charge is 2.53. The van der Waals surface area contributed by atoms with Crippen LogP contribution in [0.15, 0.2) is 30.3 Å². The van der Waals surface area contributed by atoms with Gasteiger partial charge in [0.1, 0.15) is 0 Å². The summed E-state index contributed by atoms with van der Waals surface area (Å²) in [5.74, 6) is 0.215. The number of ether oxygens (including phenoxy) is 2. The van der Waals surface area contributed by atoms with Crippen LogP contribution < -0.4 is 5.32 Å². The Kier molecular flexibility index (Phi) is 5.06. The Morgan fingerprint density at radius 2 is 2.12 bits per heavy atom. The number of likely N-dealkylation sites (tertiary alicyclic amines) is 1. The first-order valence-electron chi connectivity index (χ1n) is 9.53. The molecule has 0 spiro atoms. The molecule has 2 aliphatic heterocycles. The van der Waals surface area contributed by atoms with Crippen LogP contribution in [0.4, 0.5) is 0 Å². The van der Waals surface area contributed by atoms with E-state index in [1.54, 1.807) is 0 Å². The third kappa shape index (κ3) is 3.89. The summed E-state index contributed by atoms with van der Waals surface area (Å²) in [5, 5.41) is 3.22. The molecule has 3 fully saturated rings. The summed E-state index contributed by atoms with van der Waals surface area (Å²) < 4.78 is 11.7. The number of carbonyl (C=O) groups excluding carboxylic acids is 1. The van der Waals surface area contributed by atoms with Gasteiger partial charge in [-0.25, -0.2) is 0 Å². The van der Waals surface area contributed by atoms with Crippen LogP contribution in [0, 0.1) is 5.41 Å². The molecular weight excluding hydrogens is 316 g/mol. The number of benzene rings is 1. The molecule has 1 aromatic carbocycles. The van der Waals surface area contributed by atoms with Gasteiger partial charge in [0.15, 0.2) is 0 Å². The SMILES string of the molecule is O=C(NC1CC1)[C@@]12CCO[C@@H]1CCN(CCOCc1ccccc1)C2. The van der Waals surface area contributed by atoms with Crippen molar-refractivity contribution in [1.29, 1.82) is 0 Å². The predicted molar refractivity (Wildman–Crippen MR) is 95.1 cm³/mol. The number of nitrogens with one attached hydrogen (secondary N) is 1. The average Bonchev–Trinajstić information content (AvgIpc) is 3.34. The summed E-state index contributed by atoms with van der Waals surface area (Å²) in [6.07, 6.45) is 4.14. The summed E-state index contributed by atoms with van der Waals surface area (Å²) in [4.78, 5) is 15.2. The van der Waals surface area contributed by atoms with Crippen molar-refractivity contribution < 1.29 is 14.3 Å². The average molecular weight is 344 g/mol. The predicted octanol–water partition coefficient (Wildman–Crippen LogP) is 1.96. The molecule has 2 atom stereocenters. The first-order chi connectivity index (χ1) is 12.3. The maximum absolute atomic E-state index is 12.9. The zero-order valence-corrected chi connectivity index (χ0v) is 14.8. The number of carbonyl (C=O) groups is 1. The zero-order valence-electron chi connectivity index (χ0n) is 14.8. The smallest absolute Gasteiger partial charge is 0.230 e. The fourth-order valence-corrected chi connectivity index (χ4v) is 4.06. The van der Waals surface area contributed by atoms with Crippen molar-refractivity contribution in [2.24, 2.45) is 5.41 Å². The maximum atomic E-state index is 12.9. The molecule has 1 saturated carbocycles. The Bertz CT molecular complexity index is 590. The largest absolute Gasteiger partial charge is 0.377 e. The van der Waals surface area contributed by atoms with Gasteiger partial charge in [0, 0.05) is 32.3 Å². The van der Waals surface area contributed by atoms with Crippen molar-refractivity contribution in [3.8, 4) is 0 Å². The van der Waals surface area contributed by atoms with Crippen LogP contribution in [-0.4, -0.2) is 55.8 Å². The van der Waals surface area contributed by atoms with Crippen LogP contribution in [0.3, 0.4) is 0 Å². The normalized spacial score (nSPS) is 29.4. The molecule has 4 rings (SSSR count). The van der Waals surface area contributed by atoms with E-state index >= 15 is 0 Å². The summed E-state index contributed by atoms with van der Waals surface area (Å²) in [6.45, 7) is 4.70. The first kappa shape index (κ1) is 17.0. The van der Waals surface area contributed by atoms with Crippen molar-refractivity contribution in [1.82, 2.24) is 10.2 Å². The fraction of sp³-hybridized carbons (Fsp3) is 0.650. The summed E-state index contributed by atoms with van der Waals surface area (Å²) in [6, 6.07) is 10.7. The Balaban J connectivity index is 1.28. The molecular formula is C20H28N2O3. The number of hydrogen-bond acceptors (Lipinski definition) is 4. The molecule has 0 bridgehead atoms. The van der Waals surface area contributed by atoms with Gasteiger partial charge in [-0.15, -0.1) is 0 Å². The fourth-order valence-electron chi connectivity index (χ4n) is 4.06. The van der Waals surface area contributed by atoms with Gasteiger partial charge in [-0.05, 0) is 31.2 Å². The first-order valence-corrected chi connectivity index (χ1v) is 9.53. The molecule has 0 unspecified atom stereocenters. The lowest BCUT2D eigenvalue weighted by Crippen LogP contribution is -2.57. The second kappa shape index (κ2) is 7.44. The molecule has 2 saturated heterocycles. The van der Waals surface area contributed by atoms with E-state index < -0.39 is 0 Å². The third-order valence-corrected chi connectivity index (χ3v) is 5.72. The van der Waals surface area contributed by atoms with E-state index in [1.807, 2.05) is 18.2 Å². The molecule has 1 aliphatic carbocycles. The van der Waals surface area contributed by atoms with Crippen molar-refractivity contribution in [3.63, 3.8) is 0 Å². The van der Waals surface area contributed by atoms with E-state index in [4.69, 9.17) is 9.47 Å². The van der Waals surface area contributed by atoms with E-state index in [0.29, 0.717) is 25.9 Å². The topological polar surface area (TPSA) is 50.8 Å². The minimum Gasteiger partial charge on any atom is -0.377 e. The van der Waals surface area contributed by atoms with Gasteiger partial charge in [0.2, 0.25) is 5.91 Å². The van der Waals surface area contributed by atoms with Crippen LogP contribution in [0.2, 0.25) is 0 Å². The van der Waals surface area contributed by atoms with E-state index in [2.05, 4.69) is 22.3 Å². The molecule has 3 aliphatic rings. The van der Waals surface area contributed by atoms with E-state index in [1.165, 1.54) is 5.56 Å². The van der Waals surface area contributed by atoms with E-state index in [9.17, 15) is 4.79 Å². The van der Waals surface area contributed by atoms with Gasteiger partial charge in [-0.2, -0.15) is 0 Å². The van der Waals surface area contributed by atoms with Gasteiger partial charge in [-0.3, -0.25) is 9.69 Å². The summed E-state index contributed by atoms with van der Waals surface area (Å²) in [7, 11) is 0. The minimum absolute atomic E-state index is 0.0905. The van der Waals surface area contributed by atoms with Crippen LogP contribution in [-0.2, 0) is 20.9 Å². The minimum atomic E-state index is -0.347. The molecule has 0 radical (unpaired) electrons. The molecule has 136 valence electrons. The van der Waals surface area contributed by atoms with Gasteiger partial charge in [0.25, 0.3) is 0 Å². The Labute approximate surface area is 149 Å². The van der Waals surface area contributed by atoms with E-state index in [0.717, 1.165) is 45.3 Å². The third-order valence-electron chi connectivity index (χ3n) is 5.72. The Morgan fingerprint density at radius 1 is 1.28 bits per heavy atom. The van der Waals surface area contributed by atoms with Crippen molar-refractivity contribution in [3.05, 3.63) is 35.9 Å². The number of nitrogens with zero attached hydrogens (tertiary/aromatic N) is 1. The van der Waals surface area contributed by atoms with Gasteiger partial charge >= 0.3 is 0 Å². The number of hydrogen-bond donors (Lipinski definition) is 1. The van der Waals surface area contributed by atoms with Crippen molar-refractivity contribution in [2.45, 2.75) is 44.4 Å². The Morgan fingerprint density at radius 3 is 2.92 bits per heavy atom. The number of rotatable bonds is 7. The maximum Gasteiger partial charge on any atom is 0.230 e. The molecule has 25 heavy (non-hydrogen) atoms. The van der Waals surface area contributed by atoms with Crippen LogP contribution >= 0.6 is 0 Å². The molecule has 1 amide bonds. The van der Waals surface area contributed by atoms with Crippen molar-refractivity contribution in [2.75, 3.05) is 32.8 Å². The highest BCUT2D eigenvalue weighted by Crippen LogP contribution is 2.41. The van der Waals surface area contributed by atoms with Gasteiger partial charge < -0.3 is 14.8 Å². The number of amides is 1. The van der Waals surface area contributed by atoms with Crippen molar-refractivity contribution >= 4 is 5.91 Å². The number of piperidine rings is 1. The standard InChI is InChI=1S/C20H28N2O3/c23-19(21-17-6-7-17)20-9-12-25-18(20)8-10-22(15-20)11-13-24-14-16-4-2-1-3-5-16/h1-5,17-18H,6-15H2,(H,21,23)/t18-,20-/m1/s1. The molecule has 5 nitrogen and oxygen atoms in total. The van der Waals surface area contributed by atoms with Crippen LogP contribution in [0.1, 0.15) is 31.2 Å². The summed E-state index contributed by atoms with van der Waals surface area (Å²) in [5.41, 5.74) is 0.853. The second-order valence-corrected chi connectivity index (χ2v) is 7.62. The highest BCUT2D eigenvalue weighted by molar-refractivity contribution is 5.84. The van der Waals surface area contributed by atoms with Gasteiger partial charge in [0.05, 0.1) is 24.7 Å². The molecule has 1 N–H and O–H groups in total. The van der Waals surface area contributed by atoms with E-state index in [-0.39, 0.29) is 17.4 Å². The quantitative estimate of drug-likeness (QED) is 0.769. The molecule has 0 aromatic heterocycles. The van der Waals surface area contributed by atoms with Gasteiger partial charge in [-0.1, -0.05) is 30.3 Å². The van der Waals surface area contributed by atoms with Crippen LogP contribution in [0.25, 0.3) is 0 Å². The lowest BCUT2D eigenvalue weighted by atomic mass is 9.75. The second-order valence-electron chi connectivity index (χ2n) is 7.62. The molecule has 1 aromatic rings. The van der Waals surface area contributed by atoms with Crippen LogP contribution in [0.5, 0.6) is 0 Å². The Hall–Kier alpha value is -1.43. The number of fused-ring (bicyclic) bond motifs is 1.